The molecule has 2 aliphatic rings. The molecule has 3 rings (SSSR count). The first-order chi connectivity index (χ1) is 24.3. The van der Waals surface area contributed by atoms with E-state index in [2.05, 4.69) is 15.5 Å². The third-order valence-electron chi connectivity index (χ3n) is 6.28. The molecule has 0 unspecified atom stereocenters. The van der Waals surface area contributed by atoms with Gasteiger partial charge in [-0.25, -0.2) is 29.3 Å². The molecule has 286 valence electrons. The Kier molecular flexibility index (Phi) is 16.4. The Morgan fingerprint density at radius 2 is 1.59 bits per heavy atom. The van der Waals surface area contributed by atoms with Gasteiger partial charge >= 0.3 is 27.1 Å². The average Bonchev–Trinajstić information content (AvgIpc) is 3.55. The lowest BCUT2D eigenvalue weighted by Crippen LogP contribution is -2.71. The molecule has 26 heteroatoms. The molecule has 0 aliphatic carbocycles. The number of carboxylic acid groups (broad SMARTS) is 1. The molecule has 0 aromatic carbocycles. The average molecular weight is 806 g/mol. The molecule has 3 heterocycles. The van der Waals surface area contributed by atoms with Gasteiger partial charge in [0.15, 0.2) is 16.2 Å². The lowest BCUT2D eigenvalue weighted by atomic mass is 10.0. The zero-order valence-electron chi connectivity index (χ0n) is 27.9. The number of esters is 1. The molecule has 51 heavy (non-hydrogen) atoms. The number of oxime groups is 1. The van der Waals surface area contributed by atoms with Crippen LogP contribution < -0.4 is 11.1 Å². The minimum absolute atomic E-state index is 0.00927. The number of amides is 2. The van der Waals surface area contributed by atoms with Crippen LogP contribution in [0.3, 0.4) is 0 Å². The van der Waals surface area contributed by atoms with Crippen molar-refractivity contribution in [2.75, 3.05) is 51.6 Å². The molecule has 0 radical (unpaired) electrons. The Morgan fingerprint density at radius 1 is 1.04 bits per heavy atom. The highest BCUT2D eigenvalue weighted by molar-refractivity contribution is 8.00. The van der Waals surface area contributed by atoms with Gasteiger partial charge in [0, 0.05) is 16.7 Å². The third-order valence-corrected chi connectivity index (χ3v) is 13.1. The first-order valence-corrected chi connectivity index (χ1v) is 20.1. The van der Waals surface area contributed by atoms with Crippen molar-refractivity contribution in [2.24, 2.45) is 5.16 Å². The number of carbonyl (C=O) groups is 4. The van der Waals surface area contributed by atoms with Gasteiger partial charge in [-0.1, -0.05) is 5.16 Å². The van der Waals surface area contributed by atoms with Gasteiger partial charge in [0.25, 0.3) is 11.8 Å². The van der Waals surface area contributed by atoms with E-state index in [1.165, 1.54) is 40.2 Å². The summed E-state index contributed by atoms with van der Waals surface area (Å²) in [6.45, 7) is 4.48. The largest absolute Gasteiger partial charge is 0.477 e. The number of nitrogens with one attached hydrogen (secondary N) is 1. The van der Waals surface area contributed by atoms with Crippen molar-refractivity contribution < 1.29 is 81.2 Å². The van der Waals surface area contributed by atoms with E-state index in [-0.39, 0.29) is 54.3 Å². The number of thioether (sulfide) groups is 1. The van der Waals surface area contributed by atoms with Crippen LogP contribution in [0.25, 0.3) is 0 Å². The number of carboxylic acids is 1. The monoisotopic (exact) mass is 805 g/mol. The zero-order chi connectivity index (χ0) is 37.8. The minimum atomic E-state index is -4.91. The van der Waals surface area contributed by atoms with Crippen molar-refractivity contribution >= 4 is 72.9 Å². The molecule has 0 spiro atoms. The number of hydrogen-bond acceptors (Lipinski definition) is 21. The maximum atomic E-state index is 13.8. The van der Waals surface area contributed by atoms with Crippen LogP contribution in [0.2, 0.25) is 0 Å². The van der Waals surface area contributed by atoms with E-state index in [9.17, 15) is 33.4 Å². The molecule has 0 bridgehead atoms. The molecule has 4 N–H and O–H groups in total. The molecule has 1 fully saturated rings. The predicted molar refractivity (Wildman–Crippen MR) is 175 cm³/mol. The first kappa shape index (κ1) is 42.4. The number of nitrogen functional groups attached to an aromatic ring is 1. The van der Waals surface area contributed by atoms with Crippen LogP contribution in [0.1, 0.15) is 39.8 Å². The van der Waals surface area contributed by atoms with E-state index in [1.54, 1.807) is 0 Å². The molecule has 2 aliphatic heterocycles. The van der Waals surface area contributed by atoms with Gasteiger partial charge in [0.2, 0.25) is 0 Å². The lowest BCUT2D eigenvalue weighted by Gasteiger charge is -2.49. The number of nitrogens with two attached hydrogens (primary N) is 1. The summed E-state index contributed by atoms with van der Waals surface area (Å²) in [5.74, 6) is -4.42. The van der Waals surface area contributed by atoms with Gasteiger partial charge in [-0.3, -0.25) is 28.4 Å². The van der Waals surface area contributed by atoms with Crippen molar-refractivity contribution in [2.45, 2.75) is 50.9 Å². The van der Waals surface area contributed by atoms with Crippen LogP contribution in [-0.2, 0) is 76.1 Å². The molecule has 1 saturated heterocycles. The highest BCUT2D eigenvalue weighted by atomic mass is 32.2. The lowest BCUT2D eigenvalue weighted by molar-refractivity contribution is -0.272. The number of rotatable bonds is 23. The Hall–Kier alpha value is -2.99. The van der Waals surface area contributed by atoms with E-state index in [4.69, 9.17) is 53.6 Å². The van der Waals surface area contributed by atoms with Crippen LogP contribution in [0.4, 0.5) is 5.13 Å². The number of aliphatic carboxylic acids is 1. The molecular formula is C25H37N5O17P2S2. The van der Waals surface area contributed by atoms with Crippen molar-refractivity contribution in [1.82, 2.24) is 15.2 Å². The molecule has 2 atom stereocenters. The van der Waals surface area contributed by atoms with E-state index in [0.717, 1.165) is 28.0 Å². The number of ether oxygens (including phenoxy) is 1. The van der Waals surface area contributed by atoms with E-state index in [0.29, 0.717) is 0 Å². The summed E-state index contributed by atoms with van der Waals surface area (Å²) < 4.78 is 52.6. The fourth-order valence-corrected chi connectivity index (χ4v) is 10.1. The zero-order valence-corrected chi connectivity index (χ0v) is 31.3. The van der Waals surface area contributed by atoms with Crippen LogP contribution in [0, 0.1) is 0 Å². The first-order valence-electron chi connectivity index (χ1n) is 14.9. The second-order valence-electron chi connectivity index (χ2n) is 9.66. The van der Waals surface area contributed by atoms with Crippen molar-refractivity contribution in [3.8, 4) is 0 Å². The maximum Gasteiger partial charge on any atom is 0.400 e. The summed E-state index contributed by atoms with van der Waals surface area (Å²) in [5, 5.41) is 14.8. The standard InChI is InChI=1S/C25H37N5O17P2S2/c1-6-40-44-48(36,45-41-7-2)17(49(37,46-42-8-3)47-43-9-4)10-16(31)39-11-14-12-50-23-19(22(33)30(23)20(14)24(34)35)28-21(32)18(29-38-5)15-13-51-25(26)27-15/h13,17,19,23H,6-12H2,1-5H3,(H2,26,27)(H,28,32)(H,34,35)/b29-18+/t19-,23-/m1/s1. The second kappa shape index (κ2) is 19.7. The topological polar surface area (TPSA) is 281 Å². The number of hydrogen-bond donors (Lipinski definition) is 3. The molecule has 0 saturated carbocycles. The predicted octanol–water partition coefficient (Wildman–Crippen LogP) is 2.33. The number of aromatic nitrogens is 1. The van der Waals surface area contributed by atoms with Gasteiger partial charge in [-0.2, -0.15) is 0 Å². The Bertz CT molecular complexity index is 1520. The van der Waals surface area contributed by atoms with Crippen LogP contribution in [-0.4, -0.2) is 107 Å². The molecular weight excluding hydrogens is 768 g/mol. The summed E-state index contributed by atoms with van der Waals surface area (Å²) in [6.07, 6.45) is -1.08. The fourth-order valence-electron chi connectivity index (χ4n) is 4.20. The Balaban J connectivity index is 1.82. The molecule has 22 nitrogen and oxygen atoms in total. The van der Waals surface area contributed by atoms with Gasteiger partial charge in [0.05, 0.1) is 32.8 Å². The number of thiazole rings is 1. The Labute approximate surface area is 298 Å². The maximum absolute atomic E-state index is 13.8. The normalized spacial score (nSPS) is 18.0. The summed E-state index contributed by atoms with van der Waals surface area (Å²) in [4.78, 5) is 80.6. The van der Waals surface area contributed by atoms with E-state index in [1.807, 2.05) is 0 Å². The van der Waals surface area contributed by atoms with Crippen LogP contribution in [0.15, 0.2) is 21.8 Å². The number of fused-ring (bicyclic) bond motifs is 1. The number of anilines is 1. The summed E-state index contributed by atoms with van der Waals surface area (Å²) in [5.41, 5.74) is 4.99. The third kappa shape index (κ3) is 10.6. The second-order valence-corrected chi connectivity index (χ2v) is 16.1. The van der Waals surface area contributed by atoms with Crippen LogP contribution >= 0.6 is 38.3 Å². The van der Waals surface area contributed by atoms with E-state index < -0.39 is 74.5 Å². The highest BCUT2D eigenvalue weighted by Crippen LogP contribution is 2.72. The molecule has 1 aromatic heterocycles. The number of carbonyl (C=O) groups excluding carboxylic acids is 3. The smallest absolute Gasteiger partial charge is 0.400 e. The highest BCUT2D eigenvalue weighted by Gasteiger charge is 2.57. The number of nitrogens with zero attached hydrogens (tertiary/aromatic N) is 3. The summed E-state index contributed by atoms with van der Waals surface area (Å²) in [6, 6.07) is -1.16. The summed E-state index contributed by atoms with van der Waals surface area (Å²) in [7, 11) is -8.61. The number of β-lactam (4-membered cyclic amide) rings is 1. The van der Waals surface area contributed by atoms with Gasteiger partial charge in [0.1, 0.15) is 36.5 Å². The Morgan fingerprint density at radius 3 is 2.04 bits per heavy atom. The van der Waals surface area contributed by atoms with Gasteiger partial charge in [-0.05, 0) is 27.7 Å². The van der Waals surface area contributed by atoms with Crippen molar-refractivity contribution in [3.63, 3.8) is 0 Å². The molecule has 1 aromatic rings. The van der Waals surface area contributed by atoms with Gasteiger partial charge in [-0.15, -0.1) is 41.8 Å². The van der Waals surface area contributed by atoms with E-state index >= 15 is 0 Å². The quantitative estimate of drug-likeness (QED) is 0.0357. The van der Waals surface area contributed by atoms with Crippen molar-refractivity contribution in [1.29, 1.82) is 0 Å². The molecule has 2 amide bonds. The summed E-state index contributed by atoms with van der Waals surface area (Å²) >= 11 is 2.12. The van der Waals surface area contributed by atoms with Crippen molar-refractivity contribution in [3.05, 3.63) is 22.3 Å². The fraction of sp³-hybridized carbons (Fsp3) is 0.600. The minimum Gasteiger partial charge on any atom is -0.477 e. The van der Waals surface area contributed by atoms with Gasteiger partial charge < -0.3 is 25.7 Å². The van der Waals surface area contributed by atoms with Crippen LogP contribution in [0.5, 0.6) is 0 Å². The SMILES string of the molecule is CCOOP(=O)(OOCC)C(CC(=O)OCC1=C(C(=O)O)N2C(=O)[C@@H](NC(=O)/C(=N/OC)c3csc(N)n3)[C@H]2SC1)P(=O)(OOCC)OOCC.